The van der Waals surface area contributed by atoms with E-state index in [9.17, 15) is 4.79 Å². The molecule has 0 amide bonds. The van der Waals surface area contributed by atoms with Crippen LogP contribution in [0.15, 0.2) is 12.1 Å². The van der Waals surface area contributed by atoms with Gasteiger partial charge in [0.2, 0.25) is 5.88 Å². The number of pyridine rings is 1. The van der Waals surface area contributed by atoms with Crippen LogP contribution in [0.2, 0.25) is 0 Å². The number of rotatable bonds is 3. The number of carbonyl (C=O) groups is 1. The number of carbonyl (C=O) groups excluding carboxylic acids is 1. The van der Waals surface area contributed by atoms with E-state index in [2.05, 4.69) is 9.88 Å². The van der Waals surface area contributed by atoms with Gasteiger partial charge in [0.05, 0.1) is 14.2 Å². The third kappa shape index (κ3) is 2.57. The minimum absolute atomic E-state index is 0.340. The molecule has 0 atom stereocenters. The first-order chi connectivity index (χ1) is 10.2. The van der Waals surface area contributed by atoms with Crippen molar-refractivity contribution < 1.29 is 14.3 Å². The van der Waals surface area contributed by atoms with Crippen LogP contribution in [0, 0.1) is 5.41 Å². The largest absolute Gasteiger partial charge is 0.480 e. The van der Waals surface area contributed by atoms with E-state index in [0.717, 1.165) is 18.9 Å². The van der Waals surface area contributed by atoms with Gasteiger partial charge in [-0.15, -0.1) is 0 Å². The van der Waals surface area contributed by atoms with Gasteiger partial charge in [0.25, 0.3) is 0 Å². The summed E-state index contributed by atoms with van der Waals surface area (Å²) in [4.78, 5) is 18.5. The van der Waals surface area contributed by atoms with Crippen LogP contribution in [-0.4, -0.2) is 38.3 Å². The van der Waals surface area contributed by atoms with Gasteiger partial charge >= 0.3 is 5.97 Å². The third-order valence-corrected chi connectivity index (χ3v) is 4.87. The third-order valence-electron chi connectivity index (χ3n) is 4.87. The Morgan fingerprint density at radius 3 is 2.67 bits per heavy atom. The maximum absolute atomic E-state index is 11.7. The average molecular weight is 290 g/mol. The van der Waals surface area contributed by atoms with Gasteiger partial charge in [-0.05, 0) is 36.8 Å². The zero-order valence-electron chi connectivity index (χ0n) is 12.7. The van der Waals surface area contributed by atoms with Crippen LogP contribution in [0.3, 0.4) is 0 Å². The number of aromatic nitrogens is 1. The first kappa shape index (κ1) is 14.2. The maximum Gasteiger partial charge on any atom is 0.343 e. The molecule has 3 rings (SSSR count). The van der Waals surface area contributed by atoms with E-state index >= 15 is 0 Å². The van der Waals surface area contributed by atoms with E-state index in [-0.39, 0.29) is 0 Å². The standard InChI is InChI=1S/C16H22N2O3/c1-20-14-12(15(19)21-2)5-6-13(17-14)18-10-9-16(11-18)7-3-4-8-16/h5-6H,3-4,7-11H2,1-2H3. The van der Waals surface area contributed by atoms with Crippen molar-refractivity contribution in [2.45, 2.75) is 32.1 Å². The van der Waals surface area contributed by atoms with Crippen molar-refractivity contribution in [3.8, 4) is 5.88 Å². The van der Waals surface area contributed by atoms with Crippen LogP contribution in [0.25, 0.3) is 0 Å². The Bertz CT molecular complexity index is 538. The molecule has 0 radical (unpaired) electrons. The van der Waals surface area contributed by atoms with Gasteiger partial charge < -0.3 is 14.4 Å². The number of ether oxygens (including phenoxy) is 2. The van der Waals surface area contributed by atoms with Gasteiger partial charge in [0.15, 0.2) is 0 Å². The molecule has 0 bridgehead atoms. The summed E-state index contributed by atoms with van der Waals surface area (Å²) in [5.41, 5.74) is 0.870. The summed E-state index contributed by atoms with van der Waals surface area (Å²) in [6.07, 6.45) is 6.62. The lowest BCUT2D eigenvalue weighted by molar-refractivity contribution is 0.0596. The number of esters is 1. The maximum atomic E-state index is 11.7. The molecule has 2 fully saturated rings. The summed E-state index contributed by atoms with van der Waals surface area (Å²) in [5, 5.41) is 0. The van der Waals surface area contributed by atoms with E-state index in [1.165, 1.54) is 46.3 Å². The minimum atomic E-state index is -0.417. The summed E-state index contributed by atoms with van der Waals surface area (Å²) in [6, 6.07) is 3.63. The molecule has 1 aromatic rings. The minimum Gasteiger partial charge on any atom is -0.480 e. The Labute approximate surface area is 125 Å². The van der Waals surface area contributed by atoms with Gasteiger partial charge in [0.1, 0.15) is 11.4 Å². The van der Waals surface area contributed by atoms with Crippen molar-refractivity contribution >= 4 is 11.8 Å². The van der Waals surface area contributed by atoms with Crippen molar-refractivity contribution in [2.75, 3.05) is 32.2 Å². The highest BCUT2D eigenvalue weighted by Gasteiger charge is 2.40. The molecule has 21 heavy (non-hydrogen) atoms. The predicted molar refractivity (Wildman–Crippen MR) is 79.9 cm³/mol. The smallest absolute Gasteiger partial charge is 0.343 e. The molecule has 0 aromatic carbocycles. The molecule has 0 unspecified atom stereocenters. The topological polar surface area (TPSA) is 51.7 Å². The highest BCUT2D eigenvalue weighted by molar-refractivity contribution is 5.92. The molecule has 5 heteroatoms. The normalized spacial score (nSPS) is 20.0. The van der Waals surface area contributed by atoms with Crippen LogP contribution in [0.5, 0.6) is 5.88 Å². The first-order valence-electron chi connectivity index (χ1n) is 7.56. The number of nitrogens with zero attached hydrogens (tertiary/aromatic N) is 2. The zero-order chi connectivity index (χ0) is 14.9. The second-order valence-corrected chi connectivity index (χ2v) is 6.10. The molecule has 2 aliphatic rings. The molecule has 2 heterocycles. The van der Waals surface area contributed by atoms with Gasteiger partial charge in [-0.1, -0.05) is 12.8 Å². The van der Waals surface area contributed by atoms with Crippen molar-refractivity contribution in [3.63, 3.8) is 0 Å². The summed E-state index contributed by atoms with van der Waals surface area (Å²) < 4.78 is 9.99. The number of hydrogen-bond donors (Lipinski definition) is 0. The van der Waals surface area contributed by atoms with Crippen LogP contribution in [-0.2, 0) is 4.74 Å². The van der Waals surface area contributed by atoms with Crippen LogP contribution < -0.4 is 9.64 Å². The second-order valence-electron chi connectivity index (χ2n) is 6.10. The van der Waals surface area contributed by atoms with E-state index in [1.54, 1.807) is 6.07 Å². The van der Waals surface area contributed by atoms with E-state index in [1.807, 2.05) is 6.07 Å². The fourth-order valence-electron chi connectivity index (χ4n) is 3.69. The summed E-state index contributed by atoms with van der Waals surface area (Å²) in [6.45, 7) is 2.11. The number of methoxy groups -OCH3 is 2. The SMILES string of the molecule is COC(=O)c1ccc(N2CCC3(CCCC3)C2)nc1OC. The lowest BCUT2D eigenvalue weighted by atomic mass is 9.86. The summed E-state index contributed by atoms with van der Waals surface area (Å²) in [7, 11) is 2.89. The zero-order valence-corrected chi connectivity index (χ0v) is 12.7. The number of anilines is 1. The molecule has 1 spiro atoms. The Morgan fingerprint density at radius 2 is 2.00 bits per heavy atom. The van der Waals surface area contributed by atoms with Gasteiger partial charge in [-0.3, -0.25) is 0 Å². The van der Waals surface area contributed by atoms with E-state index in [4.69, 9.17) is 9.47 Å². The van der Waals surface area contributed by atoms with E-state index in [0.29, 0.717) is 16.9 Å². The monoisotopic (exact) mass is 290 g/mol. The Balaban J connectivity index is 1.82. The lowest BCUT2D eigenvalue weighted by Gasteiger charge is -2.24. The quantitative estimate of drug-likeness (QED) is 0.801. The molecule has 1 saturated heterocycles. The van der Waals surface area contributed by atoms with Crippen LogP contribution in [0.1, 0.15) is 42.5 Å². The summed E-state index contributed by atoms with van der Waals surface area (Å²) in [5.74, 6) is 0.814. The van der Waals surface area contributed by atoms with Crippen molar-refractivity contribution in [1.82, 2.24) is 4.98 Å². The van der Waals surface area contributed by atoms with E-state index < -0.39 is 5.97 Å². The fraction of sp³-hybridized carbons (Fsp3) is 0.625. The highest BCUT2D eigenvalue weighted by Crippen LogP contribution is 2.46. The van der Waals surface area contributed by atoms with Crippen LogP contribution in [0.4, 0.5) is 5.82 Å². The molecule has 1 saturated carbocycles. The first-order valence-corrected chi connectivity index (χ1v) is 7.56. The van der Waals surface area contributed by atoms with Gasteiger partial charge in [-0.25, -0.2) is 4.79 Å². The molecule has 5 nitrogen and oxygen atoms in total. The second kappa shape index (κ2) is 5.54. The molecular formula is C16H22N2O3. The van der Waals surface area contributed by atoms with Gasteiger partial charge in [0, 0.05) is 13.1 Å². The molecular weight excluding hydrogens is 268 g/mol. The molecule has 1 aliphatic carbocycles. The predicted octanol–water partition coefficient (Wildman–Crippen LogP) is 2.65. The average Bonchev–Trinajstić information content (AvgIpc) is 3.16. The Kier molecular flexibility index (Phi) is 3.74. The molecule has 114 valence electrons. The fourth-order valence-corrected chi connectivity index (χ4v) is 3.69. The molecule has 1 aliphatic heterocycles. The Morgan fingerprint density at radius 1 is 1.24 bits per heavy atom. The van der Waals surface area contributed by atoms with Crippen LogP contribution >= 0.6 is 0 Å². The molecule has 0 N–H and O–H groups in total. The Hall–Kier alpha value is -1.78. The van der Waals surface area contributed by atoms with Crippen molar-refractivity contribution in [3.05, 3.63) is 17.7 Å². The van der Waals surface area contributed by atoms with Crippen molar-refractivity contribution in [1.29, 1.82) is 0 Å². The summed E-state index contributed by atoms with van der Waals surface area (Å²) >= 11 is 0. The molecule has 1 aromatic heterocycles. The highest BCUT2D eigenvalue weighted by atomic mass is 16.5. The number of hydrogen-bond acceptors (Lipinski definition) is 5. The van der Waals surface area contributed by atoms with Gasteiger partial charge in [-0.2, -0.15) is 4.98 Å². The van der Waals surface area contributed by atoms with Crippen molar-refractivity contribution in [2.24, 2.45) is 5.41 Å². The lowest BCUT2D eigenvalue weighted by Crippen LogP contribution is -2.25.